The quantitative estimate of drug-likeness (QED) is 0.722. The average Bonchev–Trinajstić information content (AvgIpc) is 2.62. The molecule has 2 aromatic rings. The highest BCUT2D eigenvalue weighted by atomic mass is 32.2. The molecule has 1 aliphatic rings. The number of para-hydroxylation sites is 1. The number of carbonyl (C=O) groups excluding carboxylic acids is 2. The standard InChI is InChI=1S/C20H23N3O2S/c1-23(2)13-16(14-8-4-3-5-9-14)21-19(24)12-18-20(25)22-15-10-6-7-11-17(15)26-18/h3-11,16,18H,12-13H2,1-2H3,(H,21,24)(H,22,25)/p+1/t16-,18-/m0/s1. The number of fused-ring (bicyclic) bond motifs is 1. The van der Waals surface area contributed by atoms with Crippen molar-refractivity contribution < 1.29 is 14.5 Å². The van der Waals surface area contributed by atoms with E-state index in [0.29, 0.717) is 0 Å². The zero-order valence-corrected chi connectivity index (χ0v) is 15.8. The highest BCUT2D eigenvalue weighted by Gasteiger charge is 2.29. The van der Waals surface area contributed by atoms with E-state index in [4.69, 9.17) is 0 Å². The van der Waals surface area contributed by atoms with Crippen molar-refractivity contribution in [3.8, 4) is 0 Å². The van der Waals surface area contributed by atoms with Gasteiger partial charge in [-0.3, -0.25) is 9.59 Å². The lowest BCUT2D eigenvalue weighted by molar-refractivity contribution is -0.860. The van der Waals surface area contributed by atoms with E-state index in [1.54, 1.807) is 0 Å². The molecule has 0 saturated heterocycles. The van der Waals surface area contributed by atoms with Crippen LogP contribution in [0.5, 0.6) is 0 Å². The zero-order chi connectivity index (χ0) is 18.5. The first-order valence-corrected chi connectivity index (χ1v) is 9.61. The molecule has 0 bridgehead atoms. The summed E-state index contributed by atoms with van der Waals surface area (Å²) >= 11 is 1.45. The van der Waals surface area contributed by atoms with Gasteiger partial charge in [0, 0.05) is 11.3 Å². The molecular weight excluding hydrogens is 346 g/mol. The minimum atomic E-state index is -0.409. The Morgan fingerprint density at radius 2 is 1.85 bits per heavy atom. The van der Waals surface area contributed by atoms with Gasteiger partial charge in [0.15, 0.2) is 0 Å². The number of hydrogen-bond acceptors (Lipinski definition) is 3. The fourth-order valence-corrected chi connectivity index (χ4v) is 4.10. The van der Waals surface area contributed by atoms with Gasteiger partial charge in [-0.25, -0.2) is 0 Å². The Hall–Kier alpha value is -2.31. The Bertz CT molecular complexity index is 780. The van der Waals surface area contributed by atoms with E-state index in [2.05, 4.69) is 24.7 Å². The molecule has 0 saturated carbocycles. The van der Waals surface area contributed by atoms with Crippen LogP contribution >= 0.6 is 11.8 Å². The maximum absolute atomic E-state index is 12.6. The molecule has 0 radical (unpaired) electrons. The Kier molecular flexibility index (Phi) is 5.96. The molecule has 6 heteroatoms. The molecule has 2 amide bonds. The Labute approximate surface area is 158 Å². The molecule has 136 valence electrons. The normalized spacial score (nSPS) is 17.3. The van der Waals surface area contributed by atoms with Crippen LogP contribution in [0.15, 0.2) is 59.5 Å². The van der Waals surface area contributed by atoms with Crippen molar-refractivity contribution in [3.63, 3.8) is 0 Å². The van der Waals surface area contributed by atoms with Gasteiger partial charge in [-0.2, -0.15) is 0 Å². The number of benzene rings is 2. The van der Waals surface area contributed by atoms with Crippen molar-refractivity contribution in [3.05, 3.63) is 60.2 Å². The van der Waals surface area contributed by atoms with Crippen LogP contribution in [0.2, 0.25) is 0 Å². The van der Waals surface area contributed by atoms with Gasteiger partial charge in [0.25, 0.3) is 0 Å². The van der Waals surface area contributed by atoms with Gasteiger partial charge in [-0.15, -0.1) is 11.8 Å². The van der Waals surface area contributed by atoms with Gasteiger partial charge in [-0.1, -0.05) is 42.5 Å². The average molecular weight is 370 g/mol. The maximum atomic E-state index is 12.6. The predicted molar refractivity (Wildman–Crippen MR) is 104 cm³/mol. The lowest BCUT2D eigenvalue weighted by Crippen LogP contribution is -3.06. The summed E-state index contributed by atoms with van der Waals surface area (Å²) in [6, 6.07) is 17.5. The minimum absolute atomic E-state index is 0.0716. The van der Waals surface area contributed by atoms with Crippen molar-refractivity contribution in [1.82, 2.24) is 5.32 Å². The number of nitrogens with one attached hydrogen (secondary N) is 3. The number of anilines is 1. The lowest BCUT2D eigenvalue weighted by atomic mass is 10.1. The van der Waals surface area contributed by atoms with Crippen LogP contribution < -0.4 is 15.5 Å². The topological polar surface area (TPSA) is 62.6 Å². The Morgan fingerprint density at radius 3 is 2.58 bits per heavy atom. The van der Waals surface area contributed by atoms with E-state index in [1.165, 1.54) is 16.7 Å². The highest BCUT2D eigenvalue weighted by Crippen LogP contribution is 2.36. The van der Waals surface area contributed by atoms with E-state index in [9.17, 15) is 9.59 Å². The predicted octanol–water partition coefficient (Wildman–Crippen LogP) is 1.49. The third kappa shape index (κ3) is 4.65. The monoisotopic (exact) mass is 370 g/mol. The summed E-state index contributed by atoms with van der Waals surface area (Å²) < 4.78 is 0. The van der Waals surface area contributed by atoms with Crippen LogP contribution in [0.3, 0.4) is 0 Å². The van der Waals surface area contributed by atoms with Crippen molar-refractivity contribution in [2.75, 3.05) is 26.0 Å². The second-order valence-electron chi connectivity index (χ2n) is 6.74. The van der Waals surface area contributed by atoms with Gasteiger partial charge >= 0.3 is 0 Å². The fraction of sp³-hybridized carbons (Fsp3) is 0.300. The summed E-state index contributed by atoms with van der Waals surface area (Å²) in [6.45, 7) is 0.780. The van der Waals surface area contributed by atoms with Gasteiger partial charge in [0.2, 0.25) is 11.8 Å². The first-order chi connectivity index (χ1) is 12.5. The largest absolute Gasteiger partial charge is 0.344 e. The van der Waals surface area contributed by atoms with Crippen LogP contribution in [0.4, 0.5) is 5.69 Å². The molecule has 3 rings (SSSR count). The molecule has 0 fully saturated rings. The summed E-state index contributed by atoms with van der Waals surface area (Å²) in [5.41, 5.74) is 1.89. The van der Waals surface area contributed by atoms with Gasteiger partial charge in [0.05, 0.1) is 25.0 Å². The zero-order valence-electron chi connectivity index (χ0n) is 15.0. The van der Waals surface area contributed by atoms with Crippen LogP contribution in [0, 0.1) is 0 Å². The van der Waals surface area contributed by atoms with E-state index < -0.39 is 5.25 Å². The summed E-state index contributed by atoms with van der Waals surface area (Å²) in [6.07, 6.45) is 0.164. The van der Waals surface area contributed by atoms with Gasteiger partial charge < -0.3 is 15.5 Å². The Morgan fingerprint density at radius 1 is 1.15 bits per heavy atom. The first-order valence-electron chi connectivity index (χ1n) is 8.73. The molecule has 0 aliphatic carbocycles. The summed E-state index contributed by atoms with van der Waals surface area (Å²) in [4.78, 5) is 27.2. The summed E-state index contributed by atoms with van der Waals surface area (Å²) in [5.74, 6) is -0.217. The van der Waals surface area contributed by atoms with E-state index >= 15 is 0 Å². The highest BCUT2D eigenvalue weighted by molar-refractivity contribution is 8.01. The van der Waals surface area contributed by atoms with E-state index in [-0.39, 0.29) is 24.3 Å². The number of hydrogen-bond donors (Lipinski definition) is 3. The number of thioether (sulfide) groups is 1. The molecule has 0 spiro atoms. The van der Waals surface area contributed by atoms with Crippen molar-refractivity contribution in [2.45, 2.75) is 22.6 Å². The molecule has 0 unspecified atom stereocenters. The Balaban J connectivity index is 1.66. The van der Waals surface area contributed by atoms with Gasteiger partial charge in [0.1, 0.15) is 12.6 Å². The van der Waals surface area contributed by atoms with Crippen LogP contribution in [0.1, 0.15) is 18.0 Å². The second-order valence-corrected chi connectivity index (χ2v) is 7.98. The molecule has 1 aliphatic heterocycles. The smallest absolute Gasteiger partial charge is 0.238 e. The van der Waals surface area contributed by atoms with E-state index in [1.807, 2.05) is 54.6 Å². The fourth-order valence-electron chi connectivity index (χ4n) is 2.99. The molecule has 3 N–H and O–H groups in total. The molecule has 2 aromatic carbocycles. The molecule has 1 heterocycles. The van der Waals surface area contributed by atoms with Crippen molar-refractivity contribution >= 4 is 29.3 Å². The number of amides is 2. The van der Waals surface area contributed by atoms with Crippen LogP contribution in [-0.2, 0) is 9.59 Å². The first kappa shape index (κ1) is 18.5. The molecule has 26 heavy (non-hydrogen) atoms. The third-order valence-electron chi connectivity index (χ3n) is 4.23. The molecule has 2 atom stereocenters. The molecule has 0 aromatic heterocycles. The van der Waals surface area contributed by atoms with Crippen molar-refractivity contribution in [1.29, 1.82) is 0 Å². The van der Waals surface area contributed by atoms with Crippen LogP contribution in [-0.4, -0.2) is 37.7 Å². The maximum Gasteiger partial charge on any atom is 0.238 e. The number of carbonyl (C=O) groups is 2. The minimum Gasteiger partial charge on any atom is -0.344 e. The van der Waals surface area contributed by atoms with E-state index in [0.717, 1.165) is 22.7 Å². The SMILES string of the molecule is C[NH+](C)C[C@H](NC(=O)C[C@@H]1Sc2ccccc2NC1=O)c1ccccc1. The van der Waals surface area contributed by atoms with Crippen molar-refractivity contribution in [2.24, 2.45) is 0 Å². The number of likely N-dealkylation sites (N-methyl/N-ethyl adjacent to an activating group) is 1. The molecule has 5 nitrogen and oxygen atoms in total. The molecular formula is C20H24N3O2S+. The van der Waals surface area contributed by atoms with Gasteiger partial charge in [-0.05, 0) is 17.7 Å². The lowest BCUT2D eigenvalue weighted by Gasteiger charge is -2.25. The van der Waals surface area contributed by atoms with Crippen LogP contribution in [0.25, 0.3) is 0 Å². The number of quaternary nitrogens is 1. The number of rotatable bonds is 6. The second kappa shape index (κ2) is 8.38. The third-order valence-corrected chi connectivity index (χ3v) is 5.50. The summed E-state index contributed by atoms with van der Waals surface area (Å²) in [7, 11) is 4.12. The summed E-state index contributed by atoms with van der Waals surface area (Å²) in [5, 5.41) is 5.58.